The van der Waals surface area contributed by atoms with Crippen molar-refractivity contribution in [1.82, 2.24) is 0 Å². The van der Waals surface area contributed by atoms with E-state index in [9.17, 15) is 9.59 Å². The standard InChI is InChI=1S/C22H36O3Si/c1-22(2,3)26(4,5)25-14-13-17-15-9-6-7-10-16(15)18-11-8-12-19(23)20(17)21(18)24/h15,17,20H,6-14H2,1-5H3/t15-,17+,20-/m1/s1. The molecule has 0 saturated heterocycles. The van der Waals surface area contributed by atoms with Crippen molar-refractivity contribution in [2.45, 2.75) is 90.3 Å². The lowest BCUT2D eigenvalue weighted by Crippen LogP contribution is -2.44. The molecule has 3 nitrogen and oxygen atoms in total. The summed E-state index contributed by atoms with van der Waals surface area (Å²) in [6.07, 6.45) is 7.80. The molecule has 0 heterocycles. The van der Waals surface area contributed by atoms with E-state index >= 15 is 0 Å². The Morgan fingerprint density at radius 1 is 1.04 bits per heavy atom. The summed E-state index contributed by atoms with van der Waals surface area (Å²) in [5.41, 5.74) is 2.47. The van der Waals surface area contributed by atoms with Crippen molar-refractivity contribution in [1.29, 1.82) is 0 Å². The molecule has 0 aliphatic heterocycles. The number of allylic oxidation sites excluding steroid dienone is 2. The van der Waals surface area contributed by atoms with Crippen LogP contribution in [0.4, 0.5) is 0 Å². The third-order valence-electron chi connectivity index (χ3n) is 7.49. The molecule has 3 aliphatic carbocycles. The van der Waals surface area contributed by atoms with Gasteiger partial charge in [-0.2, -0.15) is 0 Å². The summed E-state index contributed by atoms with van der Waals surface area (Å²) in [4.78, 5) is 25.9. The Kier molecular flexibility index (Phi) is 5.65. The van der Waals surface area contributed by atoms with Gasteiger partial charge in [-0.25, -0.2) is 0 Å². The van der Waals surface area contributed by atoms with Crippen LogP contribution in [0.1, 0.15) is 72.1 Å². The molecule has 2 bridgehead atoms. The van der Waals surface area contributed by atoms with Gasteiger partial charge < -0.3 is 4.43 Å². The molecule has 0 N–H and O–H groups in total. The normalized spacial score (nSPS) is 30.3. The zero-order valence-electron chi connectivity index (χ0n) is 17.3. The lowest BCUT2D eigenvalue weighted by Gasteiger charge is -2.42. The number of fused-ring (bicyclic) bond motifs is 3. The first-order chi connectivity index (χ1) is 12.1. The van der Waals surface area contributed by atoms with Crippen molar-refractivity contribution in [2.24, 2.45) is 17.8 Å². The maximum absolute atomic E-state index is 13.1. The van der Waals surface area contributed by atoms with Gasteiger partial charge in [0, 0.05) is 13.0 Å². The molecular formula is C22H36O3Si. The molecule has 0 spiro atoms. The molecule has 0 amide bonds. The largest absolute Gasteiger partial charge is 0.417 e. The number of ketones is 2. The molecule has 3 rings (SSSR count). The van der Waals surface area contributed by atoms with Crippen molar-refractivity contribution in [3.63, 3.8) is 0 Å². The monoisotopic (exact) mass is 376 g/mol. The third kappa shape index (κ3) is 3.64. The molecule has 0 aromatic carbocycles. The lowest BCUT2D eigenvalue weighted by atomic mass is 9.62. The Labute approximate surface area is 160 Å². The van der Waals surface area contributed by atoms with Crippen molar-refractivity contribution in [3.8, 4) is 0 Å². The second-order valence-corrected chi connectivity index (χ2v) is 14.9. The number of rotatable bonds is 4. The van der Waals surface area contributed by atoms with Gasteiger partial charge in [-0.05, 0) is 74.1 Å². The first-order valence-electron chi connectivity index (χ1n) is 10.6. The third-order valence-corrected chi connectivity index (χ3v) is 12.0. The molecule has 0 aromatic heterocycles. The number of hydrogen-bond donors (Lipinski definition) is 0. The summed E-state index contributed by atoms with van der Waals surface area (Å²) < 4.78 is 6.42. The minimum Gasteiger partial charge on any atom is -0.417 e. The topological polar surface area (TPSA) is 43.4 Å². The van der Waals surface area contributed by atoms with E-state index in [2.05, 4.69) is 33.9 Å². The molecule has 0 unspecified atom stereocenters. The number of Topliss-reactive ketones (excluding diaryl/α,β-unsaturated/α-hetero) is 2. The van der Waals surface area contributed by atoms with Gasteiger partial charge >= 0.3 is 0 Å². The maximum atomic E-state index is 13.1. The van der Waals surface area contributed by atoms with Crippen molar-refractivity contribution in [2.75, 3.05) is 6.61 Å². The Balaban J connectivity index is 1.81. The summed E-state index contributed by atoms with van der Waals surface area (Å²) in [6, 6.07) is 0. The first kappa shape index (κ1) is 20.0. The molecule has 2 saturated carbocycles. The fraction of sp³-hybridized carbons (Fsp3) is 0.818. The quantitative estimate of drug-likeness (QED) is 0.484. The highest BCUT2D eigenvalue weighted by Crippen LogP contribution is 2.49. The number of carbonyl (C=O) groups is 2. The summed E-state index contributed by atoms with van der Waals surface area (Å²) in [5.74, 6) is 0.635. The fourth-order valence-corrected chi connectivity index (χ4v) is 6.02. The SMILES string of the molecule is CC(C)(C)[Si](C)(C)OCC[C@@H]1[C@@H]2C(=O)CCCC(=C3CCCC[C@H]31)C2=O. The second kappa shape index (κ2) is 7.35. The molecule has 26 heavy (non-hydrogen) atoms. The fourth-order valence-electron chi connectivity index (χ4n) is 4.96. The van der Waals surface area contributed by atoms with Gasteiger partial charge in [0.05, 0.1) is 5.92 Å². The summed E-state index contributed by atoms with van der Waals surface area (Å²) in [6.45, 7) is 12.0. The zero-order valence-corrected chi connectivity index (χ0v) is 18.3. The smallest absolute Gasteiger partial charge is 0.191 e. The van der Waals surface area contributed by atoms with E-state index in [1.54, 1.807) is 0 Å². The van der Waals surface area contributed by atoms with Gasteiger partial charge in [0.15, 0.2) is 14.1 Å². The Bertz CT molecular complexity index is 611. The van der Waals surface area contributed by atoms with Crippen LogP contribution in [0.3, 0.4) is 0 Å². The first-order valence-corrected chi connectivity index (χ1v) is 13.5. The Hall–Kier alpha value is -0.743. The van der Waals surface area contributed by atoms with E-state index in [-0.39, 0.29) is 28.4 Å². The minimum absolute atomic E-state index is 0.178. The van der Waals surface area contributed by atoms with Gasteiger partial charge in [0.2, 0.25) is 0 Å². The van der Waals surface area contributed by atoms with Crippen LogP contribution in [0.5, 0.6) is 0 Å². The van der Waals surface area contributed by atoms with Gasteiger partial charge in [-0.3, -0.25) is 9.59 Å². The molecule has 146 valence electrons. The maximum Gasteiger partial charge on any atom is 0.191 e. The highest BCUT2D eigenvalue weighted by atomic mass is 28.4. The van der Waals surface area contributed by atoms with Gasteiger partial charge in [-0.15, -0.1) is 0 Å². The van der Waals surface area contributed by atoms with Crippen LogP contribution in [-0.4, -0.2) is 26.5 Å². The number of carbonyl (C=O) groups excluding carboxylic acids is 2. The van der Waals surface area contributed by atoms with E-state index in [4.69, 9.17) is 4.43 Å². The summed E-state index contributed by atoms with van der Waals surface area (Å²) in [7, 11) is -1.79. The van der Waals surface area contributed by atoms with Crippen LogP contribution >= 0.6 is 0 Å². The average molecular weight is 377 g/mol. The van der Waals surface area contributed by atoms with Crippen molar-refractivity contribution >= 4 is 19.9 Å². The Morgan fingerprint density at radius 2 is 1.77 bits per heavy atom. The Morgan fingerprint density at radius 3 is 2.46 bits per heavy atom. The average Bonchev–Trinajstić information content (AvgIpc) is 2.65. The predicted molar refractivity (Wildman–Crippen MR) is 108 cm³/mol. The van der Waals surface area contributed by atoms with E-state index in [0.29, 0.717) is 18.9 Å². The van der Waals surface area contributed by atoms with Crippen LogP contribution in [0.2, 0.25) is 18.1 Å². The molecule has 2 fully saturated rings. The van der Waals surface area contributed by atoms with E-state index < -0.39 is 8.32 Å². The molecular weight excluding hydrogens is 340 g/mol. The van der Waals surface area contributed by atoms with E-state index in [1.165, 1.54) is 18.4 Å². The molecule has 0 radical (unpaired) electrons. The predicted octanol–water partition coefficient (Wildman–Crippen LogP) is 5.45. The van der Waals surface area contributed by atoms with Crippen LogP contribution < -0.4 is 0 Å². The van der Waals surface area contributed by atoms with Crippen LogP contribution in [0, 0.1) is 17.8 Å². The van der Waals surface area contributed by atoms with Crippen LogP contribution in [0.25, 0.3) is 0 Å². The molecule has 3 atom stereocenters. The highest BCUT2D eigenvalue weighted by molar-refractivity contribution is 6.74. The van der Waals surface area contributed by atoms with Crippen LogP contribution in [0.15, 0.2) is 11.1 Å². The van der Waals surface area contributed by atoms with E-state index in [0.717, 1.165) is 37.7 Å². The molecule has 0 aromatic rings. The molecule has 4 heteroatoms. The van der Waals surface area contributed by atoms with Gasteiger partial charge in [0.25, 0.3) is 0 Å². The summed E-state index contributed by atoms with van der Waals surface area (Å²) in [5, 5.41) is 0.191. The zero-order chi connectivity index (χ0) is 19.1. The lowest BCUT2D eigenvalue weighted by molar-refractivity contribution is -0.134. The number of hydrogen-bond acceptors (Lipinski definition) is 3. The van der Waals surface area contributed by atoms with E-state index in [1.807, 2.05) is 0 Å². The highest BCUT2D eigenvalue weighted by Gasteiger charge is 2.48. The summed E-state index contributed by atoms with van der Waals surface area (Å²) >= 11 is 0. The molecule has 3 aliphatic rings. The van der Waals surface area contributed by atoms with Crippen LogP contribution in [-0.2, 0) is 14.0 Å². The van der Waals surface area contributed by atoms with Gasteiger partial charge in [0.1, 0.15) is 5.78 Å². The van der Waals surface area contributed by atoms with Crippen molar-refractivity contribution < 1.29 is 14.0 Å². The van der Waals surface area contributed by atoms with Gasteiger partial charge in [-0.1, -0.05) is 32.8 Å². The minimum atomic E-state index is -1.79. The van der Waals surface area contributed by atoms with Crippen molar-refractivity contribution in [3.05, 3.63) is 11.1 Å². The second-order valence-electron chi connectivity index (χ2n) is 10.1.